The second-order valence-corrected chi connectivity index (χ2v) is 7.83. The maximum Gasteiger partial charge on any atom is 0.417 e. The van der Waals surface area contributed by atoms with Crippen LogP contribution in [-0.2, 0) is 25.2 Å². The van der Waals surface area contributed by atoms with Crippen LogP contribution in [0.3, 0.4) is 0 Å². The lowest BCUT2D eigenvalue weighted by Crippen LogP contribution is -2.49. The van der Waals surface area contributed by atoms with E-state index < -0.39 is 58.3 Å². The van der Waals surface area contributed by atoms with Crippen LogP contribution in [0.15, 0.2) is 18.2 Å². The van der Waals surface area contributed by atoms with Crippen molar-refractivity contribution in [1.82, 2.24) is 0 Å². The number of alkyl halides is 3. The number of benzene rings is 1. The van der Waals surface area contributed by atoms with E-state index in [2.05, 4.69) is 0 Å². The van der Waals surface area contributed by atoms with Crippen molar-refractivity contribution < 1.29 is 32.2 Å². The van der Waals surface area contributed by atoms with Gasteiger partial charge in [-0.15, -0.1) is 0 Å². The number of carbonyl (C=O) groups is 2. The van der Waals surface area contributed by atoms with E-state index in [0.717, 1.165) is 11.0 Å². The zero-order chi connectivity index (χ0) is 20.6. The second-order valence-electron chi connectivity index (χ2n) is 7.83. The molecule has 6 nitrogen and oxygen atoms in total. The topological polar surface area (TPSA) is 79.6 Å². The number of hydrogen-bond acceptors (Lipinski definition) is 5. The molecule has 5 atom stereocenters. The summed E-state index contributed by atoms with van der Waals surface area (Å²) in [4.78, 5) is 27.0. The summed E-state index contributed by atoms with van der Waals surface area (Å²) in [6.07, 6.45) is -4.78. The highest BCUT2D eigenvalue weighted by molar-refractivity contribution is 6.23. The summed E-state index contributed by atoms with van der Waals surface area (Å²) in [6, 6.07) is 4.32. The molecule has 0 N–H and O–H groups in total. The molecule has 0 radical (unpaired) electrons. The van der Waals surface area contributed by atoms with Crippen molar-refractivity contribution >= 4 is 17.5 Å². The number of rotatable bonds is 2. The van der Waals surface area contributed by atoms with Crippen molar-refractivity contribution in [3.05, 3.63) is 29.3 Å². The Hall–Kier alpha value is -2.44. The third kappa shape index (κ3) is 2.22. The van der Waals surface area contributed by atoms with Crippen molar-refractivity contribution in [3.8, 4) is 6.07 Å². The lowest BCUT2D eigenvalue weighted by atomic mass is 9.67. The van der Waals surface area contributed by atoms with Crippen molar-refractivity contribution in [3.63, 3.8) is 0 Å². The van der Waals surface area contributed by atoms with Gasteiger partial charge in [0.25, 0.3) is 0 Å². The molecular weight excluding hydrogens is 377 g/mol. The van der Waals surface area contributed by atoms with Crippen LogP contribution < -0.4 is 4.90 Å². The Bertz CT molecular complexity index is 940. The summed E-state index contributed by atoms with van der Waals surface area (Å²) in [5.41, 5.74) is -3.92. The minimum atomic E-state index is -4.79. The summed E-state index contributed by atoms with van der Waals surface area (Å²) in [5.74, 6) is -2.83. The highest BCUT2D eigenvalue weighted by Crippen LogP contribution is 2.61. The van der Waals surface area contributed by atoms with Crippen LogP contribution in [0.1, 0.15) is 31.4 Å². The highest BCUT2D eigenvalue weighted by Gasteiger charge is 2.76. The molecule has 3 heterocycles. The molecule has 3 aliphatic heterocycles. The third-order valence-corrected chi connectivity index (χ3v) is 6.24. The summed E-state index contributed by atoms with van der Waals surface area (Å²) < 4.78 is 51.4. The van der Waals surface area contributed by atoms with Gasteiger partial charge in [0.2, 0.25) is 11.8 Å². The molecule has 0 aliphatic carbocycles. The molecule has 3 fully saturated rings. The van der Waals surface area contributed by atoms with Crippen molar-refractivity contribution in [1.29, 1.82) is 5.26 Å². The van der Waals surface area contributed by atoms with E-state index in [1.807, 2.05) is 0 Å². The molecule has 2 bridgehead atoms. The van der Waals surface area contributed by atoms with Gasteiger partial charge in [0.05, 0.1) is 46.4 Å². The summed E-state index contributed by atoms with van der Waals surface area (Å²) in [5, 5.41) is 8.95. The summed E-state index contributed by atoms with van der Waals surface area (Å²) in [7, 11) is 1.49. The standard InChI is InChI=1S/C19H17F3N2O4/c1-17-7-12(27-3)18(2,28-17)14-13(17)15(25)24(16(14)26)10-5-4-9(8-23)11(6-10)19(20,21)22/h4-6,12-14H,7H2,1-3H3/t12-,13?,14+,17?,18?/m1/s1. The van der Waals surface area contributed by atoms with Gasteiger partial charge in [0.15, 0.2) is 0 Å². The van der Waals surface area contributed by atoms with Gasteiger partial charge in [-0.3, -0.25) is 9.59 Å². The Labute approximate surface area is 158 Å². The van der Waals surface area contributed by atoms with Crippen LogP contribution in [0.2, 0.25) is 0 Å². The number of imide groups is 1. The Morgan fingerprint density at radius 2 is 1.89 bits per heavy atom. The molecule has 0 spiro atoms. The number of hydrogen-bond donors (Lipinski definition) is 0. The van der Waals surface area contributed by atoms with E-state index in [9.17, 15) is 22.8 Å². The number of methoxy groups -OCH3 is 1. The van der Waals surface area contributed by atoms with E-state index in [0.29, 0.717) is 12.5 Å². The first kappa shape index (κ1) is 18.9. The fourth-order valence-electron chi connectivity index (χ4n) is 5.07. The van der Waals surface area contributed by atoms with Gasteiger partial charge < -0.3 is 9.47 Å². The number of fused-ring (bicyclic) bond motifs is 5. The number of nitrogens with zero attached hydrogens (tertiary/aromatic N) is 2. The molecule has 2 amide bonds. The number of carbonyl (C=O) groups excluding carboxylic acids is 2. The molecular formula is C19H17F3N2O4. The quantitative estimate of drug-likeness (QED) is 0.721. The molecule has 1 aromatic carbocycles. The minimum Gasteiger partial charge on any atom is -0.378 e. The number of nitriles is 1. The molecule has 28 heavy (non-hydrogen) atoms. The average Bonchev–Trinajstić information content (AvgIpc) is 3.14. The number of halogens is 3. The third-order valence-electron chi connectivity index (χ3n) is 6.24. The Morgan fingerprint density at radius 3 is 2.46 bits per heavy atom. The Balaban J connectivity index is 1.80. The molecule has 0 aromatic heterocycles. The van der Waals surface area contributed by atoms with Gasteiger partial charge in [-0.2, -0.15) is 18.4 Å². The van der Waals surface area contributed by atoms with E-state index >= 15 is 0 Å². The SMILES string of the molecule is CO[C@@H]1CC2(C)OC1(C)[C@@H]1C(=O)N(c3ccc(C#N)c(C(F)(F)F)c3)C(=O)C12. The van der Waals surface area contributed by atoms with E-state index in [-0.39, 0.29) is 5.69 Å². The van der Waals surface area contributed by atoms with Gasteiger partial charge in [-0.25, -0.2) is 4.90 Å². The predicted molar refractivity (Wildman–Crippen MR) is 88.9 cm³/mol. The Kier molecular flexibility index (Phi) is 3.75. The minimum absolute atomic E-state index is 0.198. The van der Waals surface area contributed by atoms with Crippen molar-refractivity contribution in [2.75, 3.05) is 12.0 Å². The van der Waals surface area contributed by atoms with Crippen molar-refractivity contribution in [2.45, 2.75) is 43.8 Å². The fourth-order valence-corrected chi connectivity index (χ4v) is 5.07. The maximum atomic E-state index is 13.3. The zero-order valence-electron chi connectivity index (χ0n) is 15.3. The van der Waals surface area contributed by atoms with E-state index in [1.165, 1.54) is 19.2 Å². The normalized spacial score (nSPS) is 36.8. The summed E-state index contributed by atoms with van der Waals surface area (Å²) in [6.45, 7) is 3.43. The zero-order valence-corrected chi connectivity index (χ0v) is 15.3. The molecule has 1 aromatic rings. The van der Waals surface area contributed by atoms with Crippen LogP contribution in [0.4, 0.5) is 18.9 Å². The van der Waals surface area contributed by atoms with Gasteiger partial charge >= 0.3 is 6.18 Å². The summed E-state index contributed by atoms with van der Waals surface area (Å²) >= 11 is 0. The second kappa shape index (κ2) is 5.55. The van der Waals surface area contributed by atoms with Crippen LogP contribution in [0.25, 0.3) is 0 Å². The number of anilines is 1. The van der Waals surface area contributed by atoms with Crippen LogP contribution in [-0.4, -0.2) is 36.2 Å². The molecule has 148 valence electrons. The predicted octanol–water partition coefficient (Wildman–Crippen LogP) is 2.65. The smallest absolute Gasteiger partial charge is 0.378 e. The number of ether oxygens (including phenoxy) is 2. The molecule has 3 saturated heterocycles. The lowest BCUT2D eigenvalue weighted by molar-refractivity contribution is -0.138. The largest absolute Gasteiger partial charge is 0.417 e. The average molecular weight is 394 g/mol. The van der Waals surface area contributed by atoms with Crippen LogP contribution in [0.5, 0.6) is 0 Å². The molecule has 4 rings (SSSR count). The molecule has 3 unspecified atom stereocenters. The first-order chi connectivity index (χ1) is 13.0. The molecule has 3 aliphatic rings. The Morgan fingerprint density at radius 1 is 1.25 bits per heavy atom. The fraction of sp³-hybridized carbons (Fsp3) is 0.526. The van der Waals surface area contributed by atoms with E-state index in [1.54, 1.807) is 13.8 Å². The van der Waals surface area contributed by atoms with Crippen LogP contribution in [0, 0.1) is 23.2 Å². The first-order valence-corrected chi connectivity index (χ1v) is 8.70. The maximum absolute atomic E-state index is 13.3. The number of amides is 2. The first-order valence-electron chi connectivity index (χ1n) is 8.70. The van der Waals surface area contributed by atoms with E-state index in [4.69, 9.17) is 14.7 Å². The van der Waals surface area contributed by atoms with Gasteiger partial charge in [0.1, 0.15) is 5.60 Å². The molecule has 0 saturated carbocycles. The van der Waals surface area contributed by atoms with Gasteiger partial charge in [-0.05, 0) is 32.0 Å². The molecule has 9 heteroatoms. The van der Waals surface area contributed by atoms with Gasteiger partial charge in [-0.1, -0.05) is 0 Å². The monoisotopic (exact) mass is 394 g/mol. The highest BCUT2D eigenvalue weighted by atomic mass is 19.4. The lowest BCUT2D eigenvalue weighted by Gasteiger charge is -2.34. The van der Waals surface area contributed by atoms with Crippen molar-refractivity contribution in [2.24, 2.45) is 11.8 Å². The van der Waals surface area contributed by atoms with Crippen LogP contribution >= 0.6 is 0 Å². The van der Waals surface area contributed by atoms with Gasteiger partial charge in [0, 0.05) is 13.5 Å².